The van der Waals surface area contributed by atoms with Crippen LogP contribution >= 0.6 is 17.0 Å². The van der Waals surface area contributed by atoms with Crippen LogP contribution in [0, 0.1) is 0 Å². The molecule has 38 valence electrons. The second kappa shape index (κ2) is 2.55. The van der Waals surface area contributed by atoms with E-state index >= 15 is 0 Å². The van der Waals surface area contributed by atoms with Crippen LogP contribution in [0.3, 0.4) is 0 Å². The number of halogens is 1. The quantitative estimate of drug-likeness (QED) is 0.494. The van der Waals surface area contributed by atoms with Gasteiger partial charge in [-0.3, -0.25) is 0 Å². The monoisotopic (exact) mass is 153 g/mol. The lowest BCUT2D eigenvalue weighted by atomic mass is 10.2. The maximum atomic E-state index is 8.39. The molecule has 2 nitrogen and oxygen atoms in total. The molecule has 0 bridgehead atoms. The van der Waals surface area contributed by atoms with Gasteiger partial charge in [-0.05, 0) is 0 Å². The molecule has 0 amide bonds. The first-order valence-electron chi connectivity index (χ1n) is 1.78. The van der Waals surface area contributed by atoms with E-state index in [1.54, 1.807) is 0 Å². The van der Waals surface area contributed by atoms with Crippen molar-refractivity contribution in [2.24, 2.45) is 0 Å². The van der Waals surface area contributed by atoms with Crippen LogP contribution in [-0.4, -0.2) is 24.3 Å². The van der Waals surface area contributed by atoms with Crippen molar-refractivity contribution in [2.45, 2.75) is 6.10 Å². The summed E-state index contributed by atoms with van der Waals surface area (Å²) in [6, 6.07) is 0. The van der Waals surface area contributed by atoms with E-state index in [-0.39, 0.29) is 23.1 Å². The van der Waals surface area contributed by atoms with Gasteiger partial charge >= 0.3 is 0 Å². The zero-order valence-electron chi connectivity index (χ0n) is 3.35. The summed E-state index contributed by atoms with van der Waals surface area (Å²) in [6.07, 6.45) is -0.0463. The zero-order chi connectivity index (χ0) is 3.70. The van der Waals surface area contributed by atoms with Crippen LogP contribution in [-0.2, 0) is 0 Å². The van der Waals surface area contributed by atoms with Crippen LogP contribution in [0.1, 0.15) is 0 Å². The van der Waals surface area contributed by atoms with Gasteiger partial charge in [-0.1, -0.05) is 0 Å². The smallest absolute Gasteiger partial charge is 0.0788 e. The second-order valence-corrected chi connectivity index (χ2v) is 1.31. The summed E-state index contributed by atoms with van der Waals surface area (Å²) in [6.45, 7) is 1.58. The van der Waals surface area contributed by atoms with Gasteiger partial charge in [0.15, 0.2) is 0 Å². The molecule has 0 aliphatic carbocycles. The highest BCUT2D eigenvalue weighted by Crippen LogP contribution is 1.85. The molecule has 0 atom stereocenters. The van der Waals surface area contributed by atoms with Gasteiger partial charge in [-0.15, -0.1) is 17.0 Å². The Morgan fingerprint density at radius 2 is 1.83 bits per heavy atom. The van der Waals surface area contributed by atoms with Crippen molar-refractivity contribution in [3.8, 4) is 0 Å². The van der Waals surface area contributed by atoms with Gasteiger partial charge < -0.3 is 10.4 Å². The number of hydrogen-bond acceptors (Lipinski definition) is 2. The van der Waals surface area contributed by atoms with Gasteiger partial charge in [0.25, 0.3) is 0 Å². The fraction of sp³-hybridized carbons (Fsp3) is 1.00. The summed E-state index contributed by atoms with van der Waals surface area (Å²) in [5.41, 5.74) is 0. The van der Waals surface area contributed by atoms with Crippen LogP contribution in [0.5, 0.6) is 0 Å². The number of aliphatic hydroxyl groups excluding tert-OH is 1. The average molecular weight is 154 g/mol. The molecule has 2 N–H and O–H groups in total. The highest BCUT2D eigenvalue weighted by molar-refractivity contribution is 8.93. The Morgan fingerprint density at radius 1 is 1.50 bits per heavy atom. The molecule has 1 aliphatic rings. The van der Waals surface area contributed by atoms with Crippen molar-refractivity contribution in [1.29, 1.82) is 0 Å². The Balaban J connectivity index is 0.000000250. The summed E-state index contributed by atoms with van der Waals surface area (Å²) >= 11 is 0. The van der Waals surface area contributed by atoms with Crippen LogP contribution < -0.4 is 5.32 Å². The van der Waals surface area contributed by atoms with Crippen molar-refractivity contribution >= 4 is 17.0 Å². The Morgan fingerprint density at radius 3 is 1.83 bits per heavy atom. The Kier molecular flexibility index (Phi) is 2.72. The SMILES string of the molecule is Br.OC1CNC1. The van der Waals surface area contributed by atoms with Crippen molar-refractivity contribution in [3.05, 3.63) is 0 Å². The molecule has 1 rings (SSSR count). The predicted octanol–water partition coefficient (Wildman–Crippen LogP) is -0.472. The minimum Gasteiger partial charge on any atom is -0.390 e. The Bertz CT molecular complexity index is 37.8. The lowest BCUT2D eigenvalue weighted by Crippen LogP contribution is -2.46. The predicted molar refractivity (Wildman–Crippen MR) is 29.2 cm³/mol. The molecule has 0 unspecified atom stereocenters. The summed E-state index contributed by atoms with van der Waals surface area (Å²) in [4.78, 5) is 0. The van der Waals surface area contributed by atoms with Gasteiger partial charge in [0.2, 0.25) is 0 Å². The maximum absolute atomic E-state index is 8.39. The average Bonchev–Trinajstić information content (AvgIpc) is 1.30. The van der Waals surface area contributed by atoms with Gasteiger partial charge in [0, 0.05) is 13.1 Å². The third-order valence-corrected chi connectivity index (χ3v) is 0.760. The fourth-order valence-corrected chi connectivity index (χ4v) is 0.273. The second-order valence-electron chi connectivity index (χ2n) is 1.31. The maximum Gasteiger partial charge on any atom is 0.0788 e. The number of aliphatic hydroxyl groups is 1. The van der Waals surface area contributed by atoms with E-state index in [2.05, 4.69) is 5.32 Å². The van der Waals surface area contributed by atoms with Crippen molar-refractivity contribution < 1.29 is 5.11 Å². The van der Waals surface area contributed by atoms with E-state index in [9.17, 15) is 0 Å². The molecule has 0 spiro atoms. The molecule has 3 heteroatoms. The largest absolute Gasteiger partial charge is 0.390 e. The molecule has 6 heavy (non-hydrogen) atoms. The molecule has 0 radical (unpaired) electrons. The zero-order valence-corrected chi connectivity index (χ0v) is 5.06. The number of β-amino-alcohol motifs (C(OH)–C–C–N with tert-alkyl or cyclic N) is 1. The summed E-state index contributed by atoms with van der Waals surface area (Å²) in [5.74, 6) is 0. The molecule has 0 aromatic rings. The van der Waals surface area contributed by atoms with Gasteiger partial charge in [-0.2, -0.15) is 0 Å². The normalized spacial score (nSPS) is 21.5. The third-order valence-electron chi connectivity index (χ3n) is 0.760. The van der Waals surface area contributed by atoms with Crippen LogP contribution in [0.15, 0.2) is 0 Å². The number of rotatable bonds is 0. The van der Waals surface area contributed by atoms with E-state index in [0.29, 0.717) is 0 Å². The van der Waals surface area contributed by atoms with E-state index in [0.717, 1.165) is 13.1 Å². The van der Waals surface area contributed by atoms with Gasteiger partial charge in [0.1, 0.15) is 0 Å². The standard InChI is InChI=1S/C3H7NO.BrH/c5-3-1-4-2-3;/h3-5H,1-2H2;1H. The number of hydrogen-bond donors (Lipinski definition) is 2. The number of nitrogens with one attached hydrogen (secondary N) is 1. The molecular formula is C3H8BrNO. The van der Waals surface area contributed by atoms with Crippen LogP contribution in [0.2, 0.25) is 0 Å². The van der Waals surface area contributed by atoms with Crippen LogP contribution in [0.4, 0.5) is 0 Å². The third kappa shape index (κ3) is 1.24. The van der Waals surface area contributed by atoms with E-state index in [1.165, 1.54) is 0 Å². The molecule has 1 heterocycles. The minimum atomic E-state index is -0.0463. The molecule has 0 aromatic carbocycles. The van der Waals surface area contributed by atoms with E-state index in [1.807, 2.05) is 0 Å². The Hall–Kier alpha value is 0.400. The molecule has 1 saturated heterocycles. The first kappa shape index (κ1) is 6.40. The fourth-order valence-electron chi connectivity index (χ4n) is 0.273. The van der Waals surface area contributed by atoms with Crippen molar-refractivity contribution in [2.75, 3.05) is 13.1 Å². The first-order valence-corrected chi connectivity index (χ1v) is 1.78. The molecular weight excluding hydrogens is 146 g/mol. The topological polar surface area (TPSA) is 32.3 Å². The summed E-state index contributed by atoms with van der Waals surface area (Å²) in [5, 5.41) is 11.3. The lowest BCUT2D eigenvalue weighted by Gasteiger charge is -2.20. The highest BCUT2D eigenvalue weighted by Gasteiger charge is 2.10. The molecule has 0 saturated carbocycles. The van der Waals surface area contributed by atoms with Gasteiger partial charge in [0.05, 0.1) is 6.10 Å². The lowest BCUT2D eigenvalue weighted by molar-refractivity contribution is 0.117. The molecule has 0 aromatic heterocycles. The van der Waals surface area contributed by atoms with E-state index in [4.69, 9.17) is 5.11 Å². The first-order chi connectivity index (χ1) is 2.39. The van der Waals surface area contributed by atoms with Crippen molar-refractivity contribution in [1.82, 2.24) is 5.32 Å². The summed E-state index contributed by atoms with van der Waals surface area (Å²) in [7, 11) is 0. The van der Waals surface area contributed by atoms with E-state index < -0.39 is 0 Å². The summed E-state index contributed by atoms with van der Waals surface area (Å²) < 4.78 is 0. The Labute approximate surface area is 47.3 Å². The van der Waals surface area contributed by atoms with Crippen molar-refractivity contribution in [3.63, 3.8) is 0 Å². The van der Waals surface area contributed by atoms with Gasteiger partial charge in [-0.25, -0.2) is 0 Å². The minimum absolute atomic E-state index is 0. The van der Waals surface area contributed by atoms with Crippen LogP contribution in [0.25, 0.3) is 0 Å². The molecule has 1 aliphatic heterocycles. The molecule has 1 fully saturated rings. The highest BCUT2D eigenvalue weighted by atomic mass is 79.9.